The lowest BCUT2D eigenvalue weighted by molar-refractivity contribution is 0.440. The molecule has 0 aromatic heterocycles. The third-order valence-corrected chi connectivity index (χ3v) is 1.39. The van der Waals surface area contributed by atoms with Gasteiger partial charge in [0.15, 0.2) is 0 Å². The molecular formula is C6H12N2O. The van der Waals surface area contributed by atoms with Gasteiger partial charge in [-0.05, 0) is 6.08 Å². The Morgan fingerprint density at radius 2 is 2.33 bits per heavy atom. The van der Waals surface area contributed by atoms with Gasteiger partial charge >= 0.3 is 0 Å². The first kappa shape index (κ1) is 6.58. The maximum absolute atomic E-state index is 8.37. The fraction of sp³-hybridized carbons (Fsp3) is 0.667. The molecule has 3 N–H and O–H groups in total. The monoisotopic (exact) mass is 128 g/mol. The Balaban J connectivity index is 2.23. The van der Waals surface area contributed by atoms with Crippen LogP contribution in [0.25, 0.3) is 0 Å². The van der Waals surface area contributed by atoms with Gasteiger partial charge < -0.3 is 15.7 Å². The largest absolute Gasteiger partial charge is 0.516 e. The van der Waals surface area contributed by atoms with E-state index in [4.69, 9.17) is 5.11 Å². The molecule has 0 spiro atoms. The van der Waals surface area contributed by atoms with E-state index in [0.717, 1.165) is 25.9 Å². The molecule has 0 amide bonds. The van der Waals surface area contributed by atoms with Gasteiger partial charge in [-0.2, -0.15) is 0 Å². The summed E-state index contributed by atoms with van der Waals surface area (Å²) in [6.07, 6.45) is 2.83. The minimum absolute atomic E-state index is 0.309. The van der Waals surface area contributed by atoms with Crippen molar-refractivity contribution in [3.63, 3.8) is 0 Å². The quantitative estimate of drug-likeness (QED) is 0.422. The average molecular weight is 128 g/mol. The molecule has 0 radical (unpaired) electrons. The zero-order valence-electron chi connectivity index (χ0n) is 5.30. The number of aliphatic hydroxyl groups is 1. The third kappa shape index (κ3) is 2.03. The minimum Gasteiger partial charge on any atom is -0.516 e. The molecule has 1 fully saturated rings. The number of nitrogens with one attached hydrogen (secondary N) is 2. The van der Waals surface area contributed by atoms with Crippen LogP contribution in [0.2, 0.25) is 0 Å². The van der Waals surface area contributed by atoms with Crippen LogP contribution in [0.3, 0.4) is 0 Å². The summed E-state index contributed by atoms with van der Waals surface area (Å²) in [5, 5.41) is 14.8. The van der Waals surface area contributed by atoms with E-state index in [-0.39, 0.29) is 0 Å². The smallest absolute Gasteiger partial charge is 0.0767 e. The standard InChI is InChI=1S/C6H12N2O/c9-4-1-6-5-7-2-3-8-6/h1,4,6-9H,2-3,5H2/b4-1+. The summed E-state index contributed by atoms with van der Waals surface area (Å²) < 4.78 is 0. The summed E-state index contributed by atoms with van der Waals surface area (Å²) in [5.41, 5.74) is 0. The molecule has 1 aliphatic heterocycles. The molecular weight excluding hydrogens is 116 g/mol. The Hall–Kier alpha value is -0.540. The summed E-state index contributed by atoms with van der Waals surface area (Å²) >= 11 is 0. The molecule has 9 heavy (non-hydrogen) atoms. The predicted molar refractivity (Wildman–Crippen MR) is 36.4 cm³/mol. The topological polar surface area (TPSA) is 44.3 Å². The Morgan fingerprint density at radius 1 is 1.44 bits per heavy atom. The number of hydrogen-bond acceptors (Lipinski definition) is 3. The number of aliphatic hydroxyl groups excluding tert-OH is 1. The molecule has 0 saturated carbocycles. The van der Waals surface area contributed by atoms with Crippen LogP contribution in [-0.2, 0) is 0 Å². The lowest BCUT2D eigenvalue weighted by Crippen LogP contribution is -2.47. The Labute approximate surface area is 54.8 Å². The summed E-state index contributed by atoms with van der Waals surface area (Å²) in [4.78, 5) is 0. The highest BCUT2D eigenvalue weighted by Gasteiger charge is 2.06. The molecule has 0 aliphatic carbocycles. The summed E-state index contributed by atoms with van der Waals surface area (Å²) in [6, 6.07) is 0.309. The Morgan fingerprint density at radius 3 is 2.89 bits per heavy atom. The van der Waals surface area contributed by atoms with Crippen molar-refractivity contribution in [1.82, 2.24) is 10.6 Å². The van der Waals surface area contributed by atoms with Crippen molar-refractivity contribution in [2.45, 2.75) is 6.04 Å². The maximum atomic E-state index is 8.37. The predicted octanol–water partition coefficient (Wildman–Crippen LogP) is -0.381. The van der Waals surface area contributed by atoms with E-state index in [1.165, 1.54) is 0 Å². The molecule has 0 aromatic rings. The van der Waals surface area contributed by atoms with Crippen molar-refractivity contribution in [1.29, 1.82) is 0 Å². The fourth-order valence-corrected chi connectivity index (χ4v) is 0.916. The molecule has 0 bridgehead atoms. The van der Waals surface area contributed by atoms with Crippen LogP contribution in [0.4, 0.5) is 0 Å². The van der Waals surface area contributed by atoms with Gasteiger partial charge in [0.1, 0.15) is 0 Å². The number of piperazine rings is 1. The second-order valence-electron chi connectivity index (χ2n) is 2.11. The van der Waals surface area contributed by atoms with Crippen molar-refractivity contribution in [2.75, 3.05) is 19.6 Å². The van der Waals surface area contributed by atoms with Gasteiger partial charge in [0, 0.05) is 25.7 Å². The van der Waals surface area contributed by atoms with Crippen LogP contribution in [0.1, 0.15) is 0 Å². The Bertz CT molecular complexity index is 97.2. The zero-order chi connectivity index (χ0) is 6.53. The second-order valence-corrected chi connectivity index (χ2v) is 2.11. The van der Waals surface area contributed by atoms with E-state index >= 15 is 0 Å². The first-order valence-corrected chi connectivity index (χ1v) is 3.18. The van der Waals surface area contributed by atoms with Crippen molar-refractivity contribution in [3.8, 4) is 0 Å². The van der Waals surface area contributed by atoms with E-state index < -0.39 is 0 Å². The van der Waals surface area contributed by atoms with Gasteiger partial charge in [0.05, 0.1) is 6.26 Å². The zero-order valence-corrected chi connectivity index (χ0v) is 5.30. The molecule has 1 aliphatic rings. The summed E-state index contributed by atoms with van der Waals surface area (Å²) in [7, 11) is 0. The normalized spacial score (nSPS) is 29.1. The molecule has 1 atom stereocenters. The molecule has 1 heterocycles. The van der Waals surface area contributed by atoms with Crippen molar-refractivity contribution >= 4 is 0 Å². The van der Waals surface area contributed by atoms with Gasteiger partial charge in [-0.1, -0.05) is 0 Å². The highest BCUT2D eigenvalue weighted by atomic mass is 16.2. The fourth-order valence-electron chi connectivity index (χ4n) is 0.916. The molecule has 0 aromatic carbocycles. The van der Waals surface area contributed by atoms with Gasteiger partial charge in [-0.3, -0.25) is 0 Å². The van der Waals surface area contributed by atoms with Crippen LogP contribution < -0.4 is 10.6 Å². The molecule has 3 nitrogen and oxygen atoms in total. The van der Waals surface area contributed by atoms with Crippen LogP contribution in [0, 0.1) is 0 Å². The Kier molecular flexibility index (Phi) is 2.54. The highest BCUT2D eigenvalue weighted by Crippen LogP contribution is 1.86. The van der Waals surface area contributed by atoms with Crippen LogP contribution >= 0.6 is 0 Å². The van der Waals surface area contributed by atoms with Gasteiger partial charge in [0.2, 0.25) is 0 Å². The minimum atomic E-state index is 0.309. The SMILES string of the molecule is O/C=C/C1CNCCN1. The first-order chi connectivity index (χ1) is 4.43. The molecule has 1 rings (SSSR count). The third-order valence-electron chi connectivity index (χ3n) is 1.39. The average Bonchev–Trinajstić information content (AvgIpc) is 1.91. The number of hydrogen-bond donors (Lipinski definition) is 3. The highest BCUT2D eigenvalue weighted by molar-refractivity contribution is 4.91. The van der Waals surface area contributed by atoms with E-state index in [2.05, 4.69) is 10.6 Å². The van der Waals surface area contributed by atoms with E-state index in [9.17, 15) is 0 Å². The number of rotatable bonds is 1. The van der Waals surface area contributed by atoms with E-state index in [1.807, 2.05) is 0 Å². The van der Waals surface area contributed by atoms with Crippen LogP contribution in [0.15, 0.2) is 12.3 Å². The van der Waals surface area contributed by atoms with Gasteiger partial charge in [0.25, 0.3) is 0 Å². The lowest BCUT2D eigenvalue weighted by Gasteiger charge is -2.20. The van der Waals surface area contributed by atoms with Gasteiger partial charge in [-0.15, -0.1) is 0 Å². The van der Waals surface area contributed by atoms with Crippen LogP contribution in [-0.4, -0.2) is 30.8 Å². The van der Waals surface area contributed by atoms with Crippen molar-refractivity contribution < 1.29 is 5.11 Å². The maximum Gasteiger partial charge on any atom is 0.0767 e. The first-order valence-electron chi connectivity index (χ1n) is 3.18. The van der Waals surface area contributed by atoms with Crippen LogP contribution in [0.5, 0.6) is 0 Å². The summed E-state index contributed by atoms with van der Waals surface area (Å²) in [5.74, 6) is 0. The van der Waals surface area contributed by atoms with E-state index in [1.54, 1.807) is 6.08 Å². The van der Waals surface area contributed by atoms with E-state index in [0.29, 0.717) is 6.04 Å². The second kappa shape index (κ2) is 3.48. The summed E-state index contributed by atoms with van der Waals surface area (Å²) in [6.45, 7) is 2.92. The van der Waals surface area contributed by atoms with Crippen molar-refractivity contribution in [2.24, 2.45) is 0 Å². The molecule has 52 valence electrons. The molecule has 1 saturated heterocycles. The van der Waals surface area contributed by atoms with Gasteiger partial charge in [-0.25, -0.2) is 0 Å². The molecule has 1 unspecified atom stereocenters. The molecule has 3 heteroatoms. The van der Waals surface area contributed by atoms with Crippen molar-refractivity contribution in [3.05, 3.63) is 12.3 Å². The lowest BCUT2D eigenvalue weighted by atomic mass is 10.2.